The molecule has 3 rings (SSSR count). The summed E-state index contributed by atoms with van der Waals surface area (Å²) in [7, 11) is 0. The molecule has 0 saturated carbocycles. The van der Waals surface area contributed by atoms with Crippen LogP contribution < -0.4 is 5.56 Å². The van der Waals surface area contributed by atoms with Gasteiger partial charge in [0.15, 0.2) is 0 Å². The normalized spacial score (nSPS) is 14.0. The molecule has 0 aliphatic carbocycles. The lowest BCUT2D eigenvalue weighted by molar-refractivity contribution is 0.0299. The lowest BCUT2D eigenvalue weighted by Crippen LogP contribution is -2.22. The van der Waals surface area contributed by atoms with E-state index in [0.29, 0.717) is 5.52 Å². The summed E-state index contributed by atoms with van der Waals surface area (Å²) in [5.74, 6) is 0. The van der Waals surface area contributed by atoms with Crippen LogP contribution in [0.2, 0.25) is 0 Å². The van der Waals surface area contributed by atoms with Crippen LogP contribution in [0.4, 0.5) is 0 Å². The minimum absolute atomic E-state index is 0.0773. The molecule has 0 saturated heterocycles. The highest BCUT2D eigenvalue weighted by atomic mass is 16.3. The zero-order valence-corrected chi connectivity index (χ0v) is 13.9. The van der Waals surface area contributed by atoms with Gasteiger partial charge in [0.05, 0.1) is 11.3 Å². The van der Waals surface area contributed by atoms with Gasteiger partial charge in [-0.05, 0) is 36.1 Å². The molecule has 2 aromatic heterocycles. The highest BCUT2D eigenvalue weighted by Gasteiger charge is 2.22. The fourth-order valence-electron chi connectivity index (χ4n) is 2.89. The van der Waals surface area contributed by atoms with Gasteiger partial charge in [0, 0.05) is 25.4 Å². The smallest absolute Gasteiger partial charge is 0.272 e. The Morgan fingerprint density at radius 3 is 2.54 bits per heavy atom. The van der Waals surface area contributed by atoms with E-state index in [9.17, 15) is 9.90 Å². The topological polar surface area (TPSA) is 77.7 Å². The molecule has 0 fully saturated rings. The van der Waals surface area contributed by atoms with Crippen LogP contribution >= 0.6 is 0 Å². The lowest BCUT2D eigenvalue weighted by Gasteiger charge is -2.23. The Bertz CT molecular complexity index is 905. The van der Waals surface area contributed by atoms with Crippen LogP contribution in [0.3, 0.4) is 0 Å². The van der Waals surface area contributed by atoms with E-state index < -0.39 is 5.60 Å². The van der Waals surface area contributed by atoms with Crippen molar-refractivity contribution < 1.29 is 10.2 Å². The van der Waals surface area contributed by atoms with Gasteiger partial charge < -0.3 is 19.6 Å². The second-order valence-electron chi connectivity index (χ2n) is 6.32. The van der Waals surface area contributed by atoms with Gasteiger partial charge in [0.1, 0.15) is 5.52 Å². The van der Waals surface area contributed by atoms with Crippen LogP contribution in [-0.2, 0) is 12.0 Å². The summed E-state index contributed by atoms with van der Waals surface area (Å²) in [5.41, 5.74) is 2.89. The molecule has 2 heterocycles. The van der Waals surface area contributed by atoms with Gasteiger partial charge in [0.25, 0.3) is 5.56 Å². The first-order valence-corrected chi connectivity index (χ1v) is 8.12. The number of hydrogen-bond acceptors (Lipinski definition) is 3. The molecule has 3 N–H and O–H groups in total. The van der Waals surface area contributed by atoms with Gasteiger partial charge in [-0.3, -0.25) is 4.79 Å². The summed E-state index contributed by atoms with van der Waals surface area (Å²) >= 11 is 0. The summed E-state index contributed by atoms with van der Waals surface area (Å²) < 4.78 is 1.85. The summed E-state index contributed by atoms with van der Waals surface area (Å²) in [4.78, 5) is 15.2. The molecule has 1 atom stereocenters. The quantitative estimate of drug-likeness (QED) is 0.674. The standard InChI is InChI=1S/C19H22N2O3/c1-3-13-10-17-18(23)20-16(12-21(17)11-13)14-4-6-15(7-5-14)19(2,24)8-9-22/h4-7,10-12,22,24H,3,8-9H2,1-2H3,(H,20,23). The molecule has 0 bridgehead atoms. The van der Waals surface area contributed by atoms with E-state index in [1.54, 1.807) is 6.92 Å². The number of H-pyrrole nitrogens is 1. The fraction of sp³-hybridized carbons (Fsp3) is 0.316. The number of aliphatic hydroxyl groups excluding tert-OH is 1. The van der Waals surface area contributed by atoms with Crippen molar-refractivity contribution in [3.05, 3.63) is 64.2 Å². The van der Waals surface area contributed by atoms with Gasteiger partial charge in [-0.2, -0.15) is 0 Å². The number of aryl methyl sites for hydroxylation is 1. The van der Waals surface area contributed by atoms with E-state index in [2.05, 4.69) is 11.9 Å². The molecule has 5 heteroatoms. The van der Waals surface area contributed by atoms with Crippen LogP contribution in [0, 0.1) is 0 Å². The highest BCUT2D eigenvalue weighted by molar-refractivity contribution is 5.61. The molecule has 3 aromatic rings. The minimum atomic E-state index is -1.07. The Kier molecular flexibility index (Phi) is 4.30. The van der Waals surface area contributed by atoms with Gasteiger partial charge in [-0.1, -0.05) is 31.2 Å². The van der Waals surface area contributed by atoms with Crippen LogP contribution in [0.15, 0.2) is 47.5 Å². The Hall–Kier alpha value is -2.37. The van der Waals surface area contributed by atoms with E-state index in [4.69, 9.17) is 5.11 Å². The van der Waals surface area contributed by atoms with Gasteiger partial charge >= 0.3 is 0 Å². The Labute approximate surface area is 140 Å². The number of aromatic amines is 1. The molecule has 1 aromatic carbocycles. The minimum Gasteiger partial charge on any atom is -0.396 e. The monoisotopic (exact) mass is 326 g/mol. The van der Waals surface area contributed by atoms with Crippen LogP contribution in [-0.4, -0.2) is 26.2 Å². The second-order valence-corrected chi connectivity index (χ2v) is 6.32. The number of benzene rings is 1. The molecule has 0 spiro atoms. The third-order valence-corrected chi connectivity index (χ3v) is 4.48. The number of nitrogens with one attached hydrogen (secondary N) is 1. The molecular weight excluding hydrogens is 304 g/mol. The highest BCUT2D eigenvalue weighted by Crippen LogP contribution is 2.26. The molecule has 0 aliphatic heterocycles. The van der Waals surface area contributed by atoms with Gasteiger partial charge in [0.2, 0.25) is 0 Å². The van der Waals surface area contributed by atoms with Crippen LogP contribution in [0.1, 0.15) is 31.4 Å². The van der Waals surface area contributed by atoms with Crippen molar-refractivity contribution in [3.8, 4) is 11.3 Å². The number of hydrogen-bond donors (Lipinski definition) is 3. The van der Waals surface area contributed by atoms with Crippen LogP contribution in [0.25, 0.3) is 16.8 Å². The van der Waals surface area contributed by atoms with Crippen molar-refractivity contribution in [2.75, 3.05) is 6.61 Å². The molecule has 24 heavy (non-hydrogen) atoms. The second kappa shape index (κ2) is 6.26. The molecule has 5 nitrogen and oxygen atoms in total. The maximum atomic E-state index is 12.3. The fourth-order valence-corrected chi connectivity index (χ4v) is 2.89. The van der Waals surface area contributed by atoms with E-state index in [1.807, 2.05) is 47.1 Å². The molecule has 0 amide bonds. The van der Waals surface area contributed by atoms with Crippen molar-refractivity contribution in [1.29, 1.82) is 0 Å². The Balaban J connectivity index is 2.00. The van der Waals surface area contributed by atoms with E-state index in [0.717, 1.165) is 28.8 Å². The van der Waals surface area contributed by atoms with Crippen molar-refractivity contribution in [2.45, 2.75) is 32.3 Å². The maximum absolute atomic E-state index is 12.3. The maximum Gasteiger partial charge on any atom is 0.272 e. The molecule has 126 valence electrons. The first kappa shape index (κ1) is 16.5. The first-order chi connectivity index (χ1) is 11.4. The molecular formula is C19H22N2O3. The lowest BCUT2D eigenvalue weighted by atomic mass is 9.92. The van der Waals surface area contributed by atoms with Crippen LogP contribution in [0.5, 0.6) is 0 Å². The third kappa shape index (κ3) is 3.00. The largest absolute Gasteiger partial charge is 0.396 e. The van der Waals surface area contributed by atoms with Gasteiger partial charge in [-0.15, -0.1) is 0 Å². The SMILES string of the molecule is CCc1cc2c(=O)[nH]c(-c3ccc(C(C)(O)CCO)cc3)cn2c1. The molecule has 1 unspecified atom stereocenters. The van der Waals surface area contributed by atoms with Crippen molar-refractivity contribution in [3.63, 3.8) is 0 Å². The Morgan fingerprint density at radius 2 is 1.92 bits per heavy atom. The number of aliphatic hydroxyl groups is 2. The summed E-state index contributed by atoms with van der Waals surface area (Å²) in [5, 5.41) is 19.4. The zero-order chi connectivity index (χ0) is 17.3. The molecule has 0 radical (unpaired) electrons. The van der Waals surface area contributed by atoms with E-state index in [-0.39, 0.29) is 18.6 Å². The Morgan fingerprint density at radius 1 is 1.21 bits per heavy atom. The number of nitrogens with zero attached hydrogens (tertiary/aromatic N) is 1. The number of aromatic nitrogens is 2. The summed E-state index contributed by atoms with van der Waals surface area (Å²) in [6.45, 7) is 3.66. The third-order valence-electron chi connectivity index (χ3n) is 4.48. The number of rotatable bonds is 5. The number of fused-ring (bicyclic) bond motifs is 1. The van der Waals surface area contributed by atoms with Gasteiger partial charge in [-0.25, -0.2) is 0 Å². The van der Waals surface area contributed by atoms with Crippen molar-refractivity contribution >= 4 is 5.52 Å². The predicted octanol–water partition coefficient (Wildman–Crippen LogP) is 2.45. The average Bonchev–Trinajstić information content (AvgIpc) is 2.99. The predicted molar refractivity (Wildman–Crippen MR) is 94.1 cm³/mol. The zero-order valence-electron chi connectivity index (χ0n) is 13.9. The summed E-state index contributed by atoms with van der Waals surface area (Å²) in [6, 6.07) is 9.27. The van der Waals surface area contributed by atoms with E-state index >= 15 is 0 Å². The average molecular weight is 326 g/mol. The van der Waals surface area contributed by atoms with E-state index in [1.165, 1.54) is 0 Å². The summed E-state index contributed by atoms with van der Waals surface area (Å²) in [6.07, 6.45) is 5.02. The first-order valence-electron chi connectivity index (χ1n) is 8.12. The van der Waals surface area contributed by atoms with Crippen molar-refractivity contribution in [2.24, 2.45) is 0 Å². The van der Waals surface area contributed by atoms with Crippen molar-refractivity contribution in [1.82, 2.24) is 9.38 Å². The molecule has 0 aliphatic rings.